The Morgan fingerprint density at radius 2 is 2.00 bits per heavy atom. The Labute approximate surface area is 194 Å². The van der Waals surface area contributed by atoms with Gasteiger partial charge in [0, 0.05) is 10.9 Å². The third-order valence-electron chi connectivity index (χ3n) is 4.50. The number of para-hydroxylation sites is 2. The molecule has 5 rings (SSSR count). The summed E-state index contributed by atoms with van der Waals surface area (Å²) in [6.45, 7) is 0.230. The molecule has 0 saturated heterocycles. The van der Waals surface area contributed by atoms with Crippen LogP contribution in [0.1, 0.15) is 12.0 Å². The molecule has 3 heterocycles. The fraction of sp³-hybridized carbons (Fsp3) is 0.143. The predicted octanol–water partition coefficient (Wildman–Crippen LogP) is 4.71. The molecule has 0 aliphatic carbocycles. The second-order valence-electron chi connectivity index (χ2n) is 6.77. The van der Waals surface area contributed by atoms with Crippen LogP contribution in [0.25, 0.3) is 11.3 Å². The monoisotopic (exact) mass is 488 g/mol. The Hall–Kier alpha value is -3.51. The fourth-order valence-corrected chi connectivity index (χ4v) is 4.26. The van der Waals surface area contributed by atoms with Gasteiger partial charge in [-0.1, -0.05) is 23.9 Å². The minimum Gasteiger partial charge on any atom is -0.485 e. The molecular formula is C21H14F2N4O4S2. The van der Waals surface area contributed by atoms with Crippen LogP contribution in [0.5, 0.6) is 11.5 Å². The van der Waals surface area contributed by atoms with Crippen molar-refractivity contribution in [3.8, 4) is 22.8 Å². The van der Waals surface area contributed by atoms with E-state index in [1.807, 2.05) is 18.2 Å². The lowest BCUT2D eigenvalue weighted by Gasteiger charge is -2.23. The van der Waals surface area contributed by atoms with E-state index in [1.54, 1.807) is 11.4 Å². The molecule has 0 spiro atoms. The van der Waals surface area contributed by atoms with Crippen LogP contribution in [0.4, 0.5) is 13.9 Å². The van der Waals surface area contributed by atoms with Crippen molar-refractivity contribution in [2.75, 3.05) is 17.7 Å². The Balaban J connectivity index is 1.15. The van der Waals surface area contributed by atoms with E-state index in [-0.39, 0.29) is 29.4 Å². The number of amides is 1. The first-order chi connectivity index (χ1) is 16.0. The van der Waals surface area contributed by atoms with Gasteiger partial charge in [-0.2, -0.15) is 0 Å². The fourth-order valence-electron chi connectivity index (χ4n) is 2.95. The maximum atomic E-state index is 13.4. The maximum Gasteiger partial charge on any atom is 0.277 e. The van der Waals surface area contributed by atoms with E-state index in [9.17, 15) is 13.6 Å². The third-order valence-corrected chi connectivity index (χ3v) is 6.07. The van der Waals surface area contributed by atoms with Gasteiger partial charge in [-0.15, -0.1) is 21.5 Å². The van der Waals surface area contributed by atoms with E-state index < -0.39 is 17.7 Å². The number of aromatic nitrogens is 3. The largest absolute Gasteiger partial charge is 0.485 e. The number of nitrogens with one attached hydrogen (secondary N) is 1. The summed E-state index contributed by atoms with van der Waals surface area (Å²) in [7, 11) is 0. The van der Waals surface area contributed by atoms with Crippen molar-refractivity contribution in [1.29, 1.82) is 0 Å². The van der Waals surface area contributed by atoms with Crippen molar-refractivity contribution in [3.63, 3.8) is 0 Å². The zero-order chi connectivity index (χ0) is 22.8. The number of carbonyl (C=O) groups excluding carboxylic acids is 1. The van der Waals surface area contributed by atoms with Crippen LogP contribution in [0, 0.1) is 11.6 Å². The number of nitrogens with zero attached hydrogens (tertiary/aromatic N) is 3. The van der Waals surface area contributed by atoms with E-state index in [0.717, 1.165) is 23.9 Å². The molecule has 0 bridgehead atoms. The first-order valence-corrected chi connectivity index (χ1v) is 11.5. The molecule has 8 nitrogen and oxygen atoms in total. The van der Waals surface area contributed by atoms with Gasteiger partial charge in [-0.25, -0.2) is 13.8 Å². The minimum absolute atomic E-state index is 0.00653. The lowest BCUT2D eigenvalue weighted by molar-refractivity contribution is -0.113. The molecule has 1 N–H and O–H groups in total. The first-order valence-electron chi connectivity index (χ1n) is 9.60. The standard InChI is InChI=1S/C21H14F2N4O4S2/c22-12-6-5-11(7-13(12)23)14-9-32-20(24-14)25-18(28)10-33-21-27-26-19(31-21)17-8-29-15-3-1-2-4-16(15)30-17/h1-7,9,17H,8,10H2,(H,24,25,28)/t17-/m0/s1. The summed E-state index contributed by atoms with van der Waals surface area (Å²) in [5.74, 6) is -0.735. The molecule has 1 amide bonds. The van der Waals surface area contributed by atoms with Gasteiger partial charge in [0.05, 0.1) is 11.4 Å². The summed E-state index contributed by atoms with van der Waals surface area (Å²) in [5.41, 5.74) is 0.842. The van der Waals surface area contributed by atoms with Crippen LogP contribution in [0.2, 0.25) is 0 Å². The number of thioether (sulfide) groups is 1. The summed E-state index contributed by atoms with van der Waals surface area (Å²) in [6, 6.07) is 10.8. The van der Waals surface area contributed by atoms with Crippen molar-refractivity contribution in [3.05, 3.63) is 65.4 Å². The highest BCUT2D eigenvalue weighted by molar-refractivity contribution is 7.99. The normalized spacial score (nSPS) is 14.8. The number of fused-ring (bicyclic) bond motifs is 1. The molecule has 2 aromatic heterocycles. The number of ether oxygens (including phenoxy) is 2. The average molecular weight is 488 g/mol. The Morgan fingerprint density at radius 3 is 2.85 bits per heavy atom. The van der Waals surface area contributed by atoms with Gasteiger partial charge in [-0.05, 0) is 30.3 Å². The minimum atomic E-state index is -0.962. The number of hydrogen-bond donors (Lipinski definition) is 1. The number of carbonyl (C=O) groups is 1. The summed E-state index contributed by atoms with van der Waals surface area (Å²) in [6.07, 6.45) is -0.541. The van der Waals surface area contributed by atoms with Gasteiger partial charge in [0.1, 0.15) is 6.61 Å². The lowest BCUT2D eigenvalue weighted by atomic mass is 10.2. The number of anilines is 1. The van der Waals surface area contributed by atoms with Gasteiger partial charge < -0.3 is 19.2 Å². The molecule has 0 saturated carbocycles. The summed E-state index contributed by atoms with van der Waals surface area (Å²) in [4.78, 5) is 16.5. The van der Waals surface area contributed by atoms with Crippen LogP contribution in [-0.2, 0) is 4.79 Å². The zero-order valence-corrected chi connectivity index (χ0v) is 18.3. The van der Waals surface area contributed by atoms with Crippen LogP contribution in [0.15, 0.2) is 57.5 Å². The van der Waals surface area contributed by atoms with Gasteiger partial charge >= 0.3 is 0 Å². The van der Waals surface area contributed by atoms with E-state index >= 15 is 0 Å². The SMILES string of the molecule is O=C(CSc1nnc([C@@H]2COc3ccccc3O2)o1)Nc1nc(-c2ccc(F)c(F)c2)cs1. The van der Waals surface area contributed by atoms with Crippen LogP contribution >= 0.6 is 23.1 Å². The van der Waals surface area contributed by atoms with Gasteiger partial charge in [0.15, 0.2) is 28.3 Å². The predicted molar refractivity (Wildman–Crippen MR) is 116 cm³/mol. The van der Waals surface area contributed by atoms with Crippen molar-refractivity contribution < 1.29 is 27.5 Å². The average Bonchev–Trinajstić information content (AvgIpc) is 3.49. The Bertz CT molecular complexity index is 1310. The number of hydrogen-bond acceptors (Lipinski definition) is 9. The van der Waals surface area contributed by atoms with Gasteiger partial charge in [0.25, 0.3) is 11.1 Å². The third kappa shape index (κ3) is 4.81. The van der Waals surface area contributed by atoms with E-state index in [0.29, 0.717) is 27.9 Å². The van der Waals surface area contributed by atoms with Crippen LogP contribution in [0.3, 0.4) is 0 Å². The van der Waals surface area contributed by atoms with Crippen molar-refractivity contribution >= 4 is 34.1 Å². The second-order valence-corrected chi connectivity index (χ2v) is 8.56. The molecule has 1 atom stereocenters. The van der Waals surface area contributed by atoms with E-state index in [2.05, 4.69) is 20.5 Å². The molecule has 33 heavy (non-hydrogen) atoms. The molecule has 0 fully saturated rings. The number of halogens is 2. The van der Waals surface area contributed by atoms with E-state index in [1.165, 1.54) is 17.4 Å². The highest BCUT2D eigenvalue weighted by Crippen LogP contribution is 2.36. The van der Waals surface area contributed by atoms with Crippen LogP contribution < -0.4 is 14.8 Å². The van der Waals surface area contributed by atoms with Crippen molar-refractivity contribution in [2.45, 2.75) is 11.3 Å². The topological polar surface area (TPSA) is 99.4 Å². The van der Waals surface area contributed by atoms with Crippen LogP contribution in [-0.4, -0.2) is 33.4 Å². The Morgan fingerprint density at radius 1 is 1.15 bits per heavy atom. The summed E-state index contributed by atoms with van der Waals surface area (Å²) in [5, 5.41) is 12.8. The van der Waals surface area contributed by atoms with E-state index in [4.69, 9.17) is 13.9 Å². The summed E-state index contributed by atoms with van der Waals surface area (Å²) < 4.78 is 43.6. The van der Waals surface area contributed by atoms with Gasteiger partial charge in [-0.3, -0.25) is 4.79 Å². The first kappa shape index (κ1) is 21.3. The molecule has 12 heteroatoms. The van der Waals surface area contributed by atoms with Crippen molar-refractivity contribution in [1.82, 2.24) is 15.2 Å². The molecule has 2 aromatic carbocycles. The molecule has 168 valence electrons. The highest BCUT2D eigenvalue weighted by atomic mass is 32.2. The number of benzene rings is 2. The number of thiazole rings is 1. The molecule has 1 aliphatic heterocycles. The smallest absolute Gasteiger partial charge is 0.277 e. The quantitative estimate of drug-likeness (QED) is 0.390. The molecule has 1 aliphatic rings. The summed E-state index contributed by atoms with van der Waals surface area (Å²) >= 11 is 2.23. The number of rotatable bonds is 6. The Kier molecular flexibility index (Phi) is 5.92. The van der Waals surface area contributed by atoms with Gasteiger partial charge in [0.2, 0.25) is 12.0 Å². The highest BCUT2D eigenvalue weighted by Gasteiger charge is 2.27. The van der Waals surface area contributed by atoms with Crippen molar-refractivity contribution in [2.24, 2.45) is 0 Å². The molecule has 0 unspecified atom stereocenters. The second kappa shape index (κ2) is 9.16. The lowest BCUT2D eigenvalue weighted by Crippen LogP contribution is -2.21. The molecular weight excluding hydrogens is 474 g/mol. The zero-order valence-electron chi connectivity index (χ0n) is 16.7. The molecule has 4 aromatic rings. The molecule has 0 radical (unpaired) electrons. The maximum absolute atomic E-state index is 13.4.